The van der Waals surface area contributed by atoms with E-state index in [2.05, 4.69) is 44.9 Å². The fraction of sp³-hybridized carbons (Fsp3) is 0.278. The number of pyridine rings is 2. The molecule has 2 aliphatic heterocycles. The van der Waals surface area contributed by atoms with Gasteiger partial charge in [-0.1, -0.05) is 60.7 Å². The molecule has 1 atom stereocenters. The molecule has 0 unspecified atom stereocenters. The monoisotopic (exact) mass is 560 g/mol. The van der Waals surface area contributed by atoms with E-state index in [1.165, 1.54) is 25.7 Å². The van der Waals surface area contributed by atoms with Crippen molar-refractivity contribution in [2.24, 2.45) is 11.8 Å². The van der Waals surface area contributed by atoms with Crippen LogP contribution in [-0.2, 0) is 0 Å². The van der Waals surface area contributed by atoms with Crippen LogP contribution in [-0.4, -0.2) is 36.1 Å². The maximum Gasteiger partial charge on any atom is 0.146 e. The van der Waals surface area contributed by atoms with Gasteiger partial charge in [0.2, 0.25) is 0 Å². The second-order valence-electron chi connectivity index (χ2n) is 10.7. The minimum atomic E-state index is 0.623. The van der Waals surface area contributed by atoms with Crippen LogP contribution in [0.1, 0.15) is 36.8 Å². The van der Waals surface area contributed by atoms with Crippen LogP contribution in [0.2, 0.25) is 0 Å². The highest BCUT2D eigenvalue weighted by Crippen LogP contribution is 2.23. The summed E-state index contributed by atoms with van der Waals surface area (Å²) in [5.41, 5.74) is 2.16. The second kappa shape index (κ2) is 16.2. The minimum Gasteiger partial charge on any atom is -0.456 e. The lowest BCUT2D eigenvalue weighted by Crippen LogP contribution is -2.28. The Hall–Kier alpha value is -4.26. The van der Waals surface area contributed by atoms with Crippen LogP contribution >= 0.6 is 0 Å². The predicted molar refractivity (Wildman–Crippen MR) is 171 cm³/mol. The molecule has 0 bridgehead atoms. The van der Waals surface area contributed by atoms with Crippen molar-refractivity contribution >= 4 is 12.2 Å². The van der Waals surface area contributed by atoms with Crippen molar-refractivity contribution in [1.82, 2.24) is 20.6 Å². The van der Waals surface area contributed by atoms with Crippen LogP contribution in [0.25, 0.3) is 12.2 Å². The minimum absolute atomic E-state index is 0.623. The zero-order valence-corrected chi connectivity index (χ0v) is 24.1. The molecule has 6 rings (SSSR count). The maximum absolute atomic E-state index is 5.80. The molecule has 0 spiro atoms. The fourth-order valence-corrected chi connectivity index (χ4v) is 4.99. The molecule has 2 N–H and O–H groups in total. The Bertz CT molecular complexity index is 1290. The number of hydrogen-bond donors (Lipinski definition) is 2. The van der Waals surface area contributed by atoms with Gasteiger partial charge in [-0.3, -0.25) is 9.97 Å². The first-order chi connectivity index (χ1) is 20.8. The van der Waals surface area contributed by atoms with E-state index in [-0.39, 0.29) is 0 Å². The first kappa shape index (κ1) is 29.2. The van der Waals surface area contributed by atoms with Crippen molar-refractivity contribution in [1.29, 1.82) is 0 Å². The van der Waals surface area contributed by atoms with Crippen molar-refractivity contribution in [3.05, 3.63) is 121 Å². The summed E-state index contributed by atoms with van der Waals surface area (Å²) in [7, 11) is 0. The van der Waals surface area contributed by atoms with Crippen molar-refractivity contribution in [3.63, 3.8) is 0 Å². The third kappa shape index (κ3) is 9.98. The lowest BCUT2D eigenvalue weighted by atomic mass is 9.97. The van der Waals surface area contributed by atoms with Gasteiger partial charge in [0.05, 0.1) is 12.4 Å². The molecule has 2 aromatic carbocycles. The van der Waals surface area contributed by atoms with Crippen LogP contribution in [0.3, 0.4) is 0 Å². The van der Waals surface area contributed by atoms with Crippen molar-refractivity contribution < 1.29 is 9.47 Å². The number of benzene rings is 2. The van der Waals surface area contributed by atoms with Gasteiger partial charge in [-0.05, 0) is 105 Å². The molecule has 216 valence electrons. The van der Waals surface area contributed by atoms with Gasteiger partial charge in [0, 0.05) is 18.9 Å². The molecule has 0 amide bonds. The zero-order valence-electron chi connectivity index (χ0n) is 24.1. The molecule has 2 saturated heterocycles. The number of nitrogens with zero attached hydrogens (tertiary/aromatic N) is 2. The SMILES string of the molecule is C(=C\C1CCNCC1)/c1cncc(Oc2ccccc2)c1.C(=C\[C@@H]1CCCNC1)/c1cncc(Oc2ccccc2)c1. The van der Waals surface area contributed by atoms with E-state index in [4.69, 9.17) is 9.47 Å². The Morgan fingerprint density at radius 3 is 1.64 bits per heavy atom. The zero-order chi connectivity index (χ0) is 28.7. The van der Waals surface area contributed by atoms with Crippen molar-refractivity contribution in [3.8, 4) is 23.0 Å². The lowest BCUT2D eigenvalue weighted by Gasteiger charge is -2.19. The largest absolute Gasteiger partial charge is 0.456 e. The number of ether oxygens (including phenoxy) is 2. The van der Waals surface area contributed by atoms with Crippen LogP contribution < -0.4 is 20.1 Å². The average molecular weight is 561 g/mol. The first-order valence-electron chi connectivity index (χ1n) is 14.9. The highest BCUT2D eigenvalue weighted by Gasteiger charge is 2.10. The molecule has 6 heteroatoms. The number of rotatable bonds is 8. The van der Waals surface area contributed by atoms with Crippen LogP contribution in [0.5, 0.6) is 23.0 Å². The van der Waals surface area contributed by atoms with Crippen LogP contribution in [0.15, 0.2) is 110 Å². The summed E-state index contributed by atoms with van der Waals surface area (Å²) in [6, 6.07) is 23.6. The number of hydrogen-bond acceptors (Lipinski definition) is 6. The molecular weight excluding hydrogens is 520 g/mol. The highest BCUT2D eigenvalue weighted by molar-refractivity contribution is 5.51. The Labute approximate surface area is 249 Å². The van der Waals surface area contributed by atoms with E-state index in [0.29, 0.717) is 11.8 Å². The Morgan fingerprint density at radius 2 is 1.12 bits per heavy atom. The predicted octanol–water partition coefficient (Wildman–Crippen LogP) is 7.77. The highest BCUT2D eigenvalue weighted by atomic mass is 16.5. The number of aromatic nitrogens is 2. The third-order valence-electron chi connectivity index (χ3n) is 7.27. The number of nitrogens with one attached hydrogen (secondary N) is 2. The molecule has 2 fully saturated rings. The van der Waals surface area contributed by atoms with Gasteiger partial charge in [-0.25, -0.2) is 0 Å². The van der Waals surface area contributed by atoms with Gasteiger partial charge in [-0.15, -0.1) is 0 Å². The standard InChI is InChI=1S/2C18H20N2O/c1-2-6-17(7-3-1)21-18-11-16(13-20-14-18)9-8-15-5-4-10-19-12-15;1-2-4-17(5-3-1)21-18-12-16(13-20-14-18)7-6-15-8-10-19-11-9-15/h1-3,6-9,11,13-15,19H,4-5,10,12H2;1-7,12-15,19H,8-11H2/b9-8+;7-6+/t15-;/m0./s1. The summed E-state index contributed by atoms with van der Waals surface area (Å²) < 4.78 is 11.6. The van der Waals surface area contributed by atoms with E-state index in [1.54, 1.807) is 12.4 Å². The first-order valence-corrected chi connectivity index (χ1v) is 14.9. The van der Waals surface area contributed by atoms with E-state index < -0.39 is 0 Å². The number of piperidine rings is 2. The summed E-state index contributed by atoms with van der Waals surface area (Å²) in [6.07, 6.45) is 21.0. The smallest absolute Gasteiger partial charge is 0.146 e. The van der Waals surface area contributed by atoms with Gasteiger partial charge >= 0.3 is 0 Å². The number of allylic oxidation sites excluding steroid dienone is 1. The summed E-state index contributed by atoms with van der Waals surface area (Å²) in [5, 5.41) is 6.81. The number of para-hydroxylation sites is 2. The normalized spacial score (nSPS) is 17.5. The van der Waals surface area contributed by atoms with E-state index in [1.807, 2.05) is 85.2 Å². The Kier molecular flexibility index (Phi) is 11.3. The molecule has 2 aromatic heterocycles. The summed E-state index contributed by atoms with van der Waals surface area (Å²) in [5.74, 6) is 4.50. The summed E-state index contributed by atoms with van der Waals surface area (Å²) in [6.45, 7) is 4.45. The molecule has 0 radical (unpaired) electrons. The van der Waals surface area contributed by atoms with Crippen molar-refractivity contribution in [2.75, 3.05) is 26.2 Å². The molecule has 4 aromatic rings. The molecule has 0 aliphatic carbocycles. The average Bonchev–Trinajstić information content (AvgIpc) is 3.05. The summed E-state index contributed by atoms with van der Waals surface area (Å²) in [4.78, 5) is 8.51. The van der Waals surface area contributed by atoms with Gasteiger partial charge in [0.25, 0.3) is 0 Å². The molecule has 0 saturated carbocycles. The Morgan fingerprint density at radius 1 is 0.571 bits per heavy atom. The van der Waals surface area contributed by atoms with Crippen LogP contribution in [0.4, 0.5) is 0 Å². The van der Waals surface area contributed by atoms with E-state index in [9.17, 15) is 0 Å². The van der Waals surface area contributed by atoms with E-state index in [0.717, 1.165) is 60.3 Å². The molecule has 6 nitrogen and oxygen atoms in total. The van der Waals surface area contributed by atoms with Crippen molar-refractivity contribution in [2.45, 2.75) is 25.7 Å². The molecule has 2 aliphatic rings. The lowest BCUT2D eigenvalue weighted by molar-refractivity contribution is 0.438. The maximum atomic E-state index is 5.80. The third-order valence-corrected chi connectivity index (χ3v) is 7.27. The molecular formula is C36H40N4O2. The summed E-state index contributed by atoms with van der Waals surface area (Å²) >= 11 is 0. The van der Waals surface area contributed by atoms with Crippen LogP contribution in [0, 0.1) is 11.8 Å². The fourth-order valence-electron chi connectivity index (χ4n) is 4.99. The van der Waals surface area contributed by atoms with Gasteiger partial charge in [-0.2, -0.15) is 0 Å². The van der Waals surface area contributed by atoms with E-state index >= 15 is 0 Å². The Balaban J connectivity index is 0.000000168. The molecule has 4 heterocycles. The molecule has 42 heavy (non-hydrogen) atoms. The van der Waals surface area contributed by atoms with Gasteiger partial charge < -0.3 is 20.1 Å². The second-order valence-corrected chi connectivity index (χ2v) is 10.7. The topological polar surface area (TPSA) is 68.3 Å². The van der Waals surface area contributed by atoms with Gasteiger partial charge in [0.15, 0.2) is 0 Å². The van der Waals surface area contributed by atoms with Gasteiger partial charge in [0.1, 0.15) is 23.0 Å². The quantitative estimate of drug-likeness (QED) is 0.229.